The van der Waals surface area contributed by atoms with E-state index in [4.69, 9.17) is 16.0 Å². The van der Waals surface area contributed by atoms with E-state index in [0.29, 0.717) is 28.7 Å². The second-order valence-electron chi connectivity index (χ2n) is 4.31. The van der Waals surface area contributed by atoms with E-state index < -0.39 is 0 Å². The minimum absolute atomic E-state index is 0.189. The third kappa shape index (κ3) is 2.45. The molecule has 0 bridgehead atoms. The second kappa shape index (κ2) is 5.48. The summed E-state index contributed by atoms with van der Waals surface area (Å²) in [7, 11) is 0. The van der Waals surface area contributed by atoms with Crippen molar-refractivity contribution in [1.29, 1.82) is 0 Å². The zero-order valence-corrected chi connectivity index (χ0v) is 11.3. The monoisotopic (exact) mass is 289 g/mol. The first-order chi connectivity index (χ1) is 9.78. The van der Waals surface area contributed by atoms with Gasteiger partial charge in [-0.2, -0.15) is 0 Å². The number of aliphatic hydroxyl groups excluding tert-OH is 1. The van der Waals surface area contributed by atoms with Crippen molar-refractivity contribution in [3.8, 4) is 11.5 Å². The number of nitrogens with zero attached hydrogens (tertiary/aromatic N) is 3. The molecule has 0 saturated carbocycles. The van der Waals surface area contributed by atoms with Crippen molar-refractivity contribution in [3.05, 3.63) is 58.9 Å². The molecule has 102 valence electrons. The highest BCUT2D eigenvalue weighted by atomic mass is 35.5. The molecule has 2 heterocycles. The van der Waals surface area contributed by atoms with Gasteiger partial charge in [-0.05, 0) is 29.8 Å². The molecule has 1 N–H and O–H groups in total. The minimum atomic E-state index is -0.189. The number of aromatic nitrogens is 3. The Labute approximate surface area is 120 Å². The number of hydrogen-bond acceptors (Lipinski definition) is 4. The molecule has 0 aliphatic rings. The fourth-order valence-corrected chi connectivity index (χ4v) is 2.27. The quantitative estimate of drug-likeness (QED) is 0.802. The minimum Gasteiger partial charge on any atom is -0.463 e. The van der Waals surface area contributed by atoms with Gasteiger partial charge in [0.2, 0.25) is 0 Å². The van der Waals surface area contributed by atoms with Crippen LogP contribution in [0.25, 0.3) is 11.5 Å². The lowest BCUT2D eigenvalue weighted by Gasteiger charge is -2.06. The summed E-state index contributed by atoms with van der Waals surface area (Å²) in [5, 5.41) is 18.1. The van der Waals surface area contributed by atoms with Crippen molar-refractivity contribution < 1.29 is 9.52 Å². The lowest BCUT2D eigenvalue weighted by molar-refractivity contribution is 0.277. The van der Waals surface area contributed by atoms with Crippen LogP contribution in [0.4, 0.5) is 0 Å². The number of benzene rings is 1. The van der Waals surface area contributed by atoms with Crippen LogP contribution in [0.1, 0.15) is 11.3 Å². The molecule has 0 fully saturated rings. The normalized spacial score (nSPS) is 10.9. The van der Waals surface area contributed by atoms with Crippen LogP contribution in [0.3, 0.4) is 0 Å². The molecule has 3 aromatic rings. The van der Waals surface area contributed by atoms with E-state index >= 15 is 0 Å². The van der Waals surface area contributed by atoms with Gasteiger partial charge < -0.3 is 9.52 Å². The van der Waals surface area contributed by atoms with Gasteiger partial charge in [-0.1, -0.05) is 28.9 Å². The molecule has 0 atom stereocenters. The highest BCUT2D eigenvalue weighted by Crippen LogP contribution is 2.24. The van der Waals surface area contributed by atoms with E-state index in [-0.39, 0.29) is 6.61 Å². The van der Waals surface area contributed by atoms with Crippen molar-refractivity contribution in [2.45, 2.75) is 13.2 Å². The largest absolute Gasteiger partial charge is 0.463 e. The SMILES string of the molecule is OCc1nnn(Cc2cccc(Cl)c2)c1-c1ccco1. The Bertz CT molecular complexity index is 707. The van der Waals surface area contributed by atoms with Crippen LogP contribution in [-0.4, -0.2) is 20.1 Å². The van der Waals surface area contributed by atoms with Crippen molar-refractivity contribution in [2.75, 3.05) is 0 Å². The maximum absolute atomic E-state index is 9.36. The van der Waals surface area contributed by atoms with Crippen molar-refractivity contribution >= 4 is 11.6 Å². The molecule has 20 heavy (non-hydrogen) atoms. The maximum atomic E-state index is 9.36. The first-order valence-electron chi connectivity index (χ1n) is 6.09. The molecule has 0 radical (unpaired) electrons. The molecule has 0 spiro atoms. The number of aliphatic hydroxyl groups is 1. The van der Waals surface area contributed by atoms with Gasteiger partial charge in [-0.15, -0.1) is 5.10 Å². The standard InChI is InChI=1S/C14H12ClN3O2/c15-11-4-1-3-10(7-11)8-18-14(12(9-19)16-17-18)13-5-2-6-20-13/h1-7,19H,8-9H2. The Morgan fingerprint density at radius 3 is 2.85 bits per heavy atom. The summed E-state index contributed by atoms with van der Waals surface area (Å²) in [5.41, 5.74) is 2.17. The van der Waals surface area contributed by atoms with Crippen molar-refractivity contribution in [1.82, 2.24) is 15.0 Å². The van der Waals surface area contributed by atoms with Gasteiger partial charge in [0.15, 0.2) is 5.76 Å². The van der Waals surface area contributed by atoms with Gasteiger partial charge >= 0.3 is 0 Å². The number of hydrogen-bond donors (Lipinski definition) is 1. The van der Waals surface area contributed by atoms with E-state index in [1.165, 1.54) is 0 Å². The Balaban J connectivity index is 2.00. The fourth-order valence-electron chi connectivity index (χ4n) is 2.06. The van der Waals surface area contributed by atoms with E-state index in [1.54, 1.807) is 17.0 Å². The molecule has 6 heteroatoms. The molecule has 0 aliphatic carbocycles. The molecular weight excluding hydrogens is 278 g/mol. The van der Waals surface area contributed by atoms with Crippen LogP contribution in [-0.2, 0) is 13.2 Å². The van der Waals surface area contributed by atoms with E-state index in [9.17, 15) is 5.11 Å². The summed E-state index contributed by atoms with van der Waals surface area (Å²) in [5.74, 6) is 0.626. The summed E-state index contributed by atoms with van der Waals surface area (Å²) in [6.07, 6.45) is 1.58. The zero-order chi connectivity index (χ0) is 13.9. The van der Waals surface area contributed by atoms with Crippen molar-refractivity contribution in [2.24, 2.45) is 0 Å². The van der Waals surface area contributed by atoms with Crippen LogP contribution >= 0.6 is 11.6 Å². The topological polar surface area (TPSA) is 64.1 Å². The summed E-state index contributed by atoms with van der Waals surface area (Å²) < 4.78 is 7.07. The number of halogens is 1. The lowest BCUT2D eigenvalue weighted by atomic mass is 10.2. The third-order valence-corrected chi connectivity index (χ3v) is 3.17. The number of rotatable bonds is 4. The molecule has 0 aliphatic heterocycles. The van der Waals surface area contributed by atoms with Crippen LogP contribution in [0.5, 0.6) is 0 Å². The highest BCUT2D eigenvalue weighted by molar-refractivity contribution is 6.30. The first kappa shape index (κ1) is 12.9. The average Bonchev–Trinajstić information content (AvgIpc) is 3.07. The van der Waals surface area contributed by atoms with Gasteiger partial charge in [0.05, 0.1) is 19.4 Å². The smallest absolute Gasteiger partial charge is 0.153 e. The predicted molar refractivity (Wildman–Crippen MR) is 74.2 cm³/mol. The average molecular weight is 290 g/mol. The van der Waals surface area contributed by atoms with E-state index in [1.807, 2.05) is 30.3 Å². The third-order valence-electron chi connectivity index (χ3n) is 2.93. The first-order valence-corrected chi connectivity index (χ1v) is 6.47. The van der Waals surface area contributed by atoms with Crippen LogP contribution in [0.2, 0.25) is 5.02 Å². The predicted octanol–water partition coefficient (Wildman–Crippen LogP) is 2.73. The van der Waals surface area contributed by atoms with E-state index in [0.717, 1.165) is 5.56 Å². The highest BCUT2D eigenvalue weighted by Gasteiger charge is 2.16. The van der Waals surface area contributed by atoms with Crippen LogP contribution < -0.4 is 0 Å². The van der Waals surface area contributed by atoms with Gasteiger partial charge in [-0.25, -0.2) is 4.68 Å². The fraction of sp³-hybridized carbons (Fsp3) is 0.143. The Kier molecular flexibility index (Phi) is 3.54. The Morgan fingerprint density at radius 1 is 1.25 bits per heavy atom. The summed E-state index contributed by atoms with van der Waals surface area (Å²) in [6, 6.07) is 11.1. The second-order valence-corrected chi connectivity index (χ2v) is 4.74. The van der Waals surface area contributed by atoms with Gasteiger partial charge in [0, 0.05) is 5.02 Å². The molecule has 1 aromatic carbocycles. The molecule has 0 saturated heterocycles. The van der Waals surface area contributed by atoms with Crippen LogP contribution in [0.15, 0.2) is 47.1 Å². The van der Waals surface area contributed by atoms with Crippen molar-refractivity contribution in [3.63, 3.8) is 0 Å². The van der Waals surface area contributed by atoms with Gasteiger partial charge in [-0.3, -0.25) is 0 Å². The molecule has 5 nitrogen and oxygen atoms in total. The zero-order valence-electron chi connectivity index (χ0n) is 10.5. The Morgan fingerprint density at radius 2 is 2.15 bits per heavy atom. The lowest BCUT2D eigenvalue weighted by Crippen LogP contribution is -2.04. The van der Waals surface area contributed by atoms with Gasteiger partial charge in [0.1, 0.15) is 11.4 Å². The summed E-state index contributed by atoms with van der Waals surface area (Å²) >= 11 is 5.98. The summed E-state index contributed by atoms with van der Waals surface area (Å²) in [6.45, 7) is 0.315. The molecule has 3 rings (SSSR count). The molecule has 0 unspecified atom stereocenters. The van der Waals surface area contributed by atoms with Crippen LogP contribution in [0, 0.1) is 0 Å². The molecule has 2 aromatic heterocycles. The van der Waals surface area contributed by atoms with Gasteiger partial charge in [0.25, 0.3) is 0 Å². The summed E-state index contributed by atoms with van der Waals surface area (Å²) in [4.78, 5) is 0. The number of furan rings is 1. The molecule has 0 amide bonds. The van der Waals surface area contributed by atoms with E-state index in [2.05, 4.69) is 10.3 Å². The maximum Gasteiger partial charge on any atom is 0.153 e. The Hall–Kier alpha value is -2.11. The molecular formula is C14H12ClN3O2.